The Kier molecular flexibility index (Phi) is 4.03. The smallest absolute Gasteiger partial charge is 0.274 e. The molecule has 6 heteroatoms. The van der Waals surface area contributed by atoms with Crippen molar-refractivity contribution in [3.05, 3.63) is 36.0 Å². The van der Waals surface area contributed by atoms with Crippen molar-refractivity contribution >= 4 is 5.91 Å². The Labute approximate surface area is 104 Å². The van der Waals surface area contributed by atoms with Crippen LogP contribution in [0.5, 0.6) is 0 Å². The molecule has 0 aliphatic carbocycles. The highest BCUT2D eigenvalue weighted by Gasteiger charge is 2.16. The van der Waals surface area contributed by atoms with Gasteiger partial charge in [-0.15, -0.1) is 0 Å². The van der Waals surface area contributed by atoms with Crippen molar-refractivity contribution in [1.82, 2.24) is 20.7 Å². The summed E-state index contributed by atoms with van der Waals surface area (Å²) < 4.78 is 4.87. The third-order valence-electron chi connectivity index (χ3n) is 2.40. The highest BCUT2D eigenvalue weighted by atomic mass is 16.5. The average molecular weight is 246 g/mol. The molecule has 1 aromatic carbocycles. The number of carbonyl (C=O) groups is 1. The summed E-state index contributed by atoms with van der Waals surface area (Å²) in [5.74, 6) is -0.264. The van der Waals surface area contributed by atoms with Crippen LogP contribution in [-0.4, -0.2) is 41.6 Å². The number of benzene rings is 1. The van der Waals surface area contributed by atoms with E-state index < -0.39 is 0 Å². The van der Waals surface area contributed by atoms with Crippen LogP contribution in [0.2, 0.25) is 0 Å². The Morgan fingerprint density at radius 2 is 2.11 bits per heavy atom. The molecular weight excluding hydrogens is 232 g/mol. The SMILES string of the molecule is COCCNC(=O)c1n[nH]nc1-c1ccccc1. The molecule has 0 saturated carbocycles. The third-order valence-corrected chi connectivity index (χ3v) is 2.40. The Morgan fingerprint density at radius 3 is 2.83 bits per heavy atom. The first-order valence-electron chi connectivity index (χ1n) is 5.56. The Balaban J connectivity index is 2.15. The van der Waals surface area contributed by atoms with Crippen LogP contribution in [-0.2, 0) is 4.74 Å². The summed E-state index contributed by atoms with van der Waals surface area (Å²) in [5.41, 5.74) is 1.69. The summed E-state index contributed by atoms with van der Waals surface area (Å²) in [6.45, 7) is 0.903. The van der Waals surface area contributed by atoms with E-state index in [9.17, 15) is 4.79 Å². The lowest BCUT2D eigenvalue weighted by Gasteiger charge is -2.03. The number of nitrogens with one attached hydrogen (secondary N) is 2. The van der Waals surface area contributed by atoms with Crippen molar-refractivity contribution in [2.75, 3.05) is 20.3 Å². The lowest BCUT2D eigenvalue weighted by Crippen LogP contribution is -2.27. The van der Waals surface area contributed by atoms with Crippen LogP contribution in [0, 0.1) is 0 Å². The second kappa shape index (κ2) is 5.92. The standard InChI is InChI=1S/C12H14N4O2/c1-18-8-7-13-12(17)11-10(14-16-15-11)9-5-3-2-4-6-9/h2-6H,7-8H2,1H3,(H,13,17)(H,14,15,16). The Morgan fingerprint density at radius 1 is 1.33 bits per heavy atom. The van der Waals surface area contributed by atoms with E-state index in [0.29, 0.717) is 18.8 Å². The van der Waals surface area contributed by atoms with Crippen molar-refractivity contribution in [3.8, 4) is 11.3 Å². The van der Waals surface area contributed by atoms with E-state index in [1.807, 2.05) is 30.3 Å². The molecule has 0 spiro atoms. The van der Waals surface area contributed by atoms with Crippen LogP contribution in [0.1, 0.15) is 10.5 Å². The van der Waals surface area contributed by atoms with Crippen LogP contribution in [0.15, 0.2) is 30.3 Å². The van der Waals surface area contributed by atoms with Gasteiger partial charge >= 0.3 is 0 Å². The maximum Gasteiger partial charge on any atom is 0.274 e. The first kappa shape index (κ1) is 12.3. The fourth-order valence-corrected chi connectivity index (χ4v) is 1.54. The largest absolute Gasteiger partial charge is 0.383 e. The number of ether oxygens (including phenoxy) is 1. The van der Waals surface area contributed by atoms with Gasteiger partial charge in [0.1, 0.15) is 5.69 Å². The van der Waals surface area contributed by atoms with Crippen LogP contribution in [0.3, 0.4) is 0 Å². The summed E-state index contributed by atoms with van der Waals surface area (Å²) in [6.07, 6.45) is 0. The van der Waals surface area contributed by atoms with Gasteiger partial charge in [0.05, 0.1) is 6.61 Å². The number of aromatic nitrogens is 3. The van der Waals surface area contributed by atoms with Gasteiger partial charge in [-0.3, -0.25) is 4.79 Å². The molecular formula is C12H14N4O2. The predicted octanol–water partition coefficient (Wildman–Crippen LogP) is 0.848. The molecule has 0 saturated heterocycles. The number of amides is 1. The van der Waals surface area contributed by atoms with Gasteiger partial charge in [0.15, 0.2) is 5.69 Å². The first-order chi connectivity index (χ1) is 8.83. The number of H-pyrrole nitrogens is 1. The van der Waals surface area contributed by atoms with Gasteiger partial charge < -0.3 is 10.1 Å². The number of nitrogens with zero attached hydrogens (tertiary/aromatic N) is 2. The minimum Gasteiger partial charge on any atom is -0.383 e. The van der Waals surface area contributed by atoms with Crippen LogP contribution >= 0.6 is 0 Å². The zero-order chi connectivity index (χ0) is 12.8. The molecule has 2 N–H and O–H groups in total. The normalized spacial score (nSPS) is 10.3. The van der Waals surface area contributed by atoms with Crippen molar-refractivity contribution in [1.29, 1.82) is 0 Å². The molecule has 1 heterocycles. The molecule has 2 aromatic rings. The molecule has 0 atom stereocenters. The van der Waals surface area contributed by atoms with Gasteiger partial charge in [-0.2, -0.15) is 15.4 Å². The molecule has 18 heavy (non-hydrogen) atoms. The first-order valence-corrected chi connectivity index (χ1v) is 5.56. The summed E-state index contributed by atoms with van der Waals surface area (Å²) in [4.78, 5) is 11.9. The van der Waals surface area contributed by atoms with Crippen LogP contribution < -0.4 is 5.32 Å². The van der Waals surface area contributed by atoms with Gasteiger partial charge in [-0.25, -0.2) is 0 Å². The molecule has 1 aromatic heterocycles. The van der Waals surface area contributed by atoms with Gasteiger partial charge in [-0.1, -0.05) is 30.3 Å². The molecule has 0 radical (unpaired) electrons. The summed E-state index contributed by atoms with van der Waals surface area (Å²) in [5, 5.41) is 13.1. The molecule has 0 aliphatic heterocycles. The van der Waals surface area contributed by atoms with Crippen LogP contribution in [0.4, 0.5) is 0 Å². The van der Waals surface area contributed by atoms with Crippen molar-refractivity contribution in [2.24, 2.45) is 0 Å². The number of hydrogen-bond donors (Lipinski definition) is 2. The fraction of sp³-hybridized carbons (Fsp3) is 0.250. The highest BCUT2D eigenvalue weighted by Crippen LogP contribution is 2.18. The monoisotopic (exact) mass is 246 g/mol. The van der Waals surface area contributed by atoms with Crippen LogP contribution in [0.25, 0.3) is 11.3 Å². The second-order valence-electron chi connectivity index (χ2n) is 3.64. The van der Waals surface area contributed by atoms with E-state index in [4.69, 9.17) is 4.74 Å². The zero-order valence-electron chi connectivity index (χ0n) is 10.0. The molecule has 0 fully saturated rings. The maximum atomic E-state index is 11.9. The van der Waals surface area contributed by atoms with Gasteiger partial charge in [0.25, 0.3) is 5.91 Å². The zero-order valence-corrected chi connectivity index (χ0v) is 10.0. The number of hydrogen-bond acceptors (Lipinski definition) is 4. The van der Waals surface area contributed by atoms with E-state index in [1.54, 1.807) is 7.11 Å². The lowest BCUT2D eigenvalue weighted by molar-refractivity contribution is 0.0932. The topological polar surface area (TPSA) is 79.9 Å². The molecule has 6 nitrogen and oxygen atoms in total. The number of aromatic amines is 1. The van der Waals surface area contributed by atoms with E-state index in [1.165, 1.54) is 0 Å². The number of rotatable bonds is 5. The van der Waals surface area contributed by atoms with Crippen molar-refractivity contribution < 1.29 is 9.53 Å². The van der Waals surface area contributed by atoms with Gasteiger partial charge in [-0.05, 0) is 0 Å². The van der Waals surface area contributed by atoms with Gasteiger partial charge in [0, 0.05) is 19.2 Å². The molecule has 0 unspecified atom stereocenters. The average Bonchev–Trinajstić information content (AvgIpc) is 2.89. The highest BCUT2D eigenvalue weighted by molar-refractivity contribution is 5.97. The molecule has 0 aliphatic rings. The number of carbonyl (C=O) groups excluding carboxylic acids is 1. The summed E-state index contributed by atoms with van der Waals surface area (Å²) in [6, 6.07) is 9.43. The van der Waals surface area contributed by atoms with E-state index >= 15 is 0 Å². The summed E-state index contributed by atoms with van der Waals surface area (Å²) in [7, 11) is 1.58. The number of methoxy groups -OCH3 is 1. The minimum atomic E-state index is -0.264. The Bertz CT molecular complexity index is 510. The summed E-state index contributed by atoms with van der Waals surface area (Å²) >= 11 is 0. The second-order valence-corrected chi connectivity index (χ2v) is 3.64. The van der Waals surface area contributed by atoms with E-state index in [2.05, 4.69) is 20.7 Å². The van der Waals surface area contributed by atoms with E-state index in [-0.39, 0.29) is 11.6 Å². The quantitative estimate of drug-likeness (QED) is 0.766. The minimum absolute atomic E-state index is 0.264. The van der Waals surface area contributed by atoms with Crippen molar-refractivity contribution in [3.63, 3.8) is 0 Å². The predicted molar refractivity (Wildman–Crippen MR) is 66.0 cm³/mol. The third kappa shape index (κ3) is 2.72. The Hall–Kier alpha value is -2.21. The van der Waals surface area contributed by atoms with Crippen molar-refractivity contribution in [2.45, 2.75) is 0 Å². The molecule has 94 valence electrons. The van der Waals surface area contributed by atoms with Gasteiger partial charge in [0.2, 0.25) is 0 Å². The lowest BCUT2D eigenvalue weighted by atomic mass is 10.1. The maximum absolute atomic E-state index is 11.9. The molecule has 2 rings (SSSR count). The fourth-order valence-electron chi connectivity index (χ4n) is 1.54. The van der Waals surface area contributed by atoms with E-state index in [0.717, 1.165) is 5.56 Å². The molecule has 0 bridgehead atoms. The molecule has 1 amide bonds.